The lowest BCUT2D eigenvalue weighted by Crippen LogP contribution is -2.16. The van der Waals surface area contributed by atoms with E-state index in [-0.39, 0.29) is 16.3 Å². The molecule has 0 aliphatic heterocycles. The monoisotopic (exact) mass is 423 g/mol. The Labute approximate surface area is 161 Å². The minimum Gasteiger partial charge on any atom is -0.230 e. The van der Waals surface area contributed by atoms with E-state index in [4.69, 9.17) is 5.14 Å². The zero-order valence-corrected chi connectivity index (χ0v) is 15.6. The molecule has 0 saturated heterocycles. The molecule has 0 saturated carbocycles. The standard InChI is InChI=1S/C18H12F3N3O2S2/c19-18(20,21)16-9-14(17-12-6-2-1-5-11(12)10-27-17)24(23-16)13-7-3-4-8-15(13)28(22,25)26/h1-10H,(H2,22,25,26). The minimum atomic E-state index is -4.69. The molecule has 0 unspecified atom stereocenters. The summed E-state index contributed by atoms with van der Waals surface area (Å²) < 4.78 is 65.0. The van der Waals surface area contributed by atoms with Crippen LogP contribution in [-0.4, -0.2) is 18.2 Å². The van der Waals surface area contributed by atoms with Crippen LogP contribution in [0, 0.1) is 0 Å². The van der Waals surface area contributed by atoms with Gasteiger partial charge in [0.05, 0.1) is 16.3 Å². The van der Waals surface area contributed by atoms with E-state index in [0.717, 1.165) is 21.5 Å². The van der Waals surface area contributed by atoms with Crippen LogP contribution >= 0.6 is 11.3 Å². The summed E-state index contributed by atoms with van der Waals surface area (Å²) in [5, 5.41) is 12.4. The first-order valence-corrected chi connectivity index (χ1v) is 10.3. The molecule has 4 aromatic rings. The van der Waals surface area contributed by atoms with Crippen molar-refractivity contribution in [1.82, 2.24) is 9.78 Å². The fraction of sp³-hybridized carbons (Fsp3) is 0.0556. The SMILES string of the molecule is NS(=O)(=O)c1ccccc1-n1nc(C(F)(F)F)cc1-c1scc2ccccc12. The molecule has 0 fully saturated rings. The molecule has 5 nitrogen and oxygen atoms in total. The van der Waals surface area contributed by atoms with Gasteiger partial charge < -0.3 is 0 Å². The van der Waals surface area contributed by atoms with E-state index in [1.165, 1.54) is 35.6 Å². The number of benzene rings is 2. The molecule has 0 bridgehead atoms. The highest BCUT2D eigenvalue weighted by Gasteiger charge is 2.36. The Bertz CT molecular complexity index is 1290. The Balaban J connectivity index is 2.06. The Hall–Kier alpha value is -2.69. The summed E-state index contributed by atoms with van der Waals surface area (Å²) in [5.74, 6) is 0. The number of nitrogens with zero attached hydrogens (tertiary/aromatic N) is 2. The van der Waals surface area contributed by atoms with Crippen LogP contribution in [-0.2, 0) is 16.2 Å². The van der Waals surface area contributed by atoms with Gasteiger partial charge in [-0.3, -0.25) is 0 Å². The first-order valence-electron chi connectivity index (χ1n) is 7.92. The second kappa shape index (κ2) is 6.43. The summed E-state index contributed by atoms with van der Waals surface area (Å²) in [4.78, 5) is 0.233. The van der Waals surface area contributed by atoms with E-state index in [0.29, 0.717) is 4.88 Å². The molecular formula is C18H12F3N3O2S2. The second-order valence-electron chi connectivity index (χ2n) is 5.99. The van der Waals surface area contributed by atoms with Gasteiger partial charge in [0.1, 0.15) is 4.90 Å². The highest BCUT2D eigenvalue weighted by molar-refractivity contribution is 7.89. The zero-order chi connectivity index (χ0) is 20.1. The number of halogens is 3. The van der Waals surface area contributed by atoms with Gasteiger partial charge in [0.15, 0.2) is 5.69 Å². The number of sulfonamides is 1. The predicted molar refractivity (Wildman–Crippen MR) is 101 cm³/mol. The van der Waals surface area contributed by atoms with E-state index >= 15 is 0 Å². The van der Waals surface area contributed by atoms with Crippen LogP contribution < -0.4 is 5.14 Å². The van der Waals surface area contributed by atoms with E-state index in [1.807, 2.05) is 17.5 Å². The molecule has 2 heterocycles. The van der Waals surface area contributed by atoms with Crippen LogP contribution in [0.2, 0.25) is 0 Å². The van der Waals surface area contributed by atoms with E-state index in [9.17, 15) is 21.6 Å². The van der Waals surface area contributed by atoms with Crippen molar-refractivity contribution in [2.75, 3.05) is 0 Å². The lowest BCUT2D eigenvalue weighted by Gasteiger charge is -2.11. The lowest BCUT2D eigenvalue weighted by atomic mass is 10.1. The predicted octanol–water partition coefficient (Wildman–Crippen LogP) is 4.42. The summed E-state index contributed by atoms with van der Waals surface area (Å²) in [6.07, 6.45) is -4.69. The van der Waals surface area contributed by atoms with Crippen molar-refractivity contribution in [2.24, 2.45) is 5.14 Å². The normalized spacial score (nSPS) is 12.6. The van der Waals surface area contributed by atoms with Crippen molar-refractivity contribution in [3.63, 3.8) is 0 Å². The summed E-state index contributed by atoms with van der Waals surface area (Å²) in [6.45, 7) is 0. The molecule has 28 heavy (non-hydrogen) atoms. The van der Waals surface area contributed by atoms with Crippen LogP contribution in [0.25, 0.3) is 27.0 Å². The Kier molecular flexibility index (Phi) is 4.29. The van der Waals surface area contributed by atoms with Gasteiger partial charge in [-0.1, -0.05) is 36.4 Å². The molecule has 0 aliphatic rings. The molecule has 0 spiro atoms. The maximum atomic E-state index is 13.4. The number of para-hydroxylation sites is 1. The molecule has 2 aromatic heterocycles. The van der Waals surface area contributed by atoms with Gasteiger partial charge in [-0.25, -0.2) is 18.2 Å². The van der Waals surface area contributed by atoms with Gasteiger partial charge in [-0.05, 0) is 29.0 Å². The third-order valence-electron chi connectivity index (χ3n) is 4.14. The third-order valence-corrected chi connectivity index (χ3v) is 6.14. The van der Waals surface area contributed by atoms with Crippen molar-refractivity contribution in [1.29, 1.82) is 0 Å². The topological polar surface area (TPSA) is 78.0 Å². The fourth-order valence-corrected chi connectivity index (χ4v) is 4.67. The van der Waals surface area contributed by atoms with Crippen molar-refractivity contribution in [3.05, 3.63) is 65.7 Å². The number of fused-ring (bicyclic) bond motifs is 1. The average molecular weight is 423 g/mol. The molecular weight excluding hydrogens is 411 g/mol. The minimum absolute atomic E-state index is 0.0482. The number of thiophene rings is 1. The third kappa shape index (κ3) is 3.19. The van der Waals surface area contributed by atoms with Crippen LogP contribution in [0.1, 0.15) is 5.69 Å². The number of aromatic nitrogens is 2. The quantitative estimate of drug-likeness (QED) is 0.530. The Morgan fingerprint density at radius 3 is 2.43 bits per heavy atom. The van der Waals surface area contributed by atoms with Gasteiger partial charge in [-0.2, -0.15) is 18.3 Å². The molecule has 0 radical (unpaired) electrons. The average Bonchev–Trinajstić information content (AvgIpc) is 3.24. The van der Waals surface area contributed by atoms with Crippen LogP contribution in [0.15, 0.2) is 64.9 Å². The largest absolute Gasteiger partial charge is 0.435 e. The summed E-state index contributed by atoms with van der Waals surface area (Å²) in [7, 11) is -4.17. The highest BCUT2D eigenvalue weighted by atomic mass is 32.2. The first-order chi connectivity index (χ1) is 13.2. The maximum Gasteiger partial charge on any atom is 0.435 e. The van der Waals surface area contributed by atoms with Crippen molar-refractivity contribution >= 4 is 32.1 Å². The van der Waals surface area contributed by atoms with Gasteiger partial charge in [-0.15, -0.1) is 11.3 Å². The molecule has 2 aromatic carbocycles. The zero-order valence-electron chi connectivity index (χ0n) is 14.0. The van der Waals surface area contributed by atoms with E-state index in [1.54, 1.807) is 12.1 Å². The number of rotatable bonds is 3. The summed E-state index contributed by atoms with van der Waals surface area (Å²) in [5.41, 5.74) is -1.04. The lowest BCUT2D eigenvalue weighted by molar-refractivity contribution is -0.141. The van der Waals surface area contributed by atoms with Crippen LogP contribution in [0.5, 0.6) is 0 Å². The molecule has 0 aliphatic carbocycles. The molecule has 2 N–H and O–H groups in total. The summed E-state index contributed by atoms with van der Waals surface area (Å²) >= 11 is 1.25. The number of primary sulfonamides is 1. The number of hydrogen-bond donors (Lipinski definition) is 1. The van der Waals surface area contributed by atoms with Crippen LogP contribution in [0.4, 0.5) is 13.2 Å². The highest BCUT2D eigenvalue weighted by Crippen LogP contribution is 2.39. The fourth-order valence-electron chi connectivity index (χ4n) is 2.93. The maximum absolute atomic E-state index is 13.4. The molecule has 0 amide bonds. The van der Waals surface area contributed by atoms with Crippen LogP contribution in [0.3, 0.4) is 0 Å². The van der Waals surface area contributed by atoms with Gasteiger partial charge in [0.25, 0.3) is 0 Å². The van der Waals surface area contributed by atoms with Gasteiger partial charge >= 0.3 is 6.18 Å². The number of hydrogen-bond acceptors (Lipinski definition) is 4. The van der Waals surface area contributed by atoms with Gasteiger partial charge in [0, 0.05) is 5.39 Å². The smallest absolute Gasteiger partial charge is 0.230 e. The molecule has 0 atom stereocenters. The summed E-state index contributed by atoms with van der Waals surface area (Å²) in [6, 6.07) is 13.7. The van der Waals surface area contributed by atoms with E-state index in [2.05, 4.69) is 5.10 Å². The number of alkyl halides is 3. The molecule has 10 heteroatoms. The second-order valence-corrected chi connectivity index (χ2v) is 8.40. The first kappa shape index (κ1) is 18.7. The Morgan fingerprint density at radius 2 is 1.71 bits per heavy atom. The van der Waals surface area contributed by atoms with Crippen molar-refractivity contribution < 1.29 is 21.6 Å². The molecule has 4 rings (SSSR count). The van der Waals surface area contributed by atoms with Gasteiger partial charge in [0.2, 0.25) is 10.0 Å². The van der Waals surface area contributed by atoms with E-state index < -0.39 is 21.9 Å². The van der Waals surface area contributed by atoms with Crippen molar-refractivity contribution in [2.45, 2.75) is 11.1 Å². The molecule has 144 valence electrons. The Morgan fingerprint density at radius 1 is 1.04 bits per heavy atom. The number of nitrogens with two attached hydrogens (primary N) is 1. The van der Waals surface area contributed by atoms with Crippen molar-refractivity contribution in [3.8, 4) is 16.3 Å².